The van der Waals surface area contributed by atoms with Gasteiger partial charge in [-0.15, -0.1) is 0 Å². The third kappa shape index (κ3) is 2.44. The van der Waals surface area contributed by atoms with E-state index in [0.717, 1.165) is 36.6 Å². The Kier molecular flexibility index (Phi) is 4.09. The van der Waals surface area contributed by atoms with Crippen LogP contribution in [0, 0.1) is 0 Å². The lowest BCUT2D eigenvalue weighted by Gasteiger charge is -2.12. The number of hydrogen-bond acceptors (Lipinski definition) is 3. The van der Waals surface area contributed by atoms with Crippen LogP contribution in [0.1, 0.15) is 43.5 Å². The summed E-state index contributed by atoms with van der Waals surface area (Å²) in [6, 6.07) is 3.49. The van der Waals surface area contributed by atoms with Crippen molar-refractivity contribution in [2.24, 2.45) is 5.73 Å². The van der Waals surface area contributed by atoms with Gasteiger partial charge in [-0.1, -0.05) is 25.4 Å². The van der Waals surface area contributed by atoms with Crippen molar-refractivity contribution in [1.82, 2.24) is 9.78 Å². The molecule has 18 heavy (non-hydrogen) atoms. The number of aryl methyl sites for hydroxylation is 2. The first-order valence-electron chi connectivity index (χ1n) is 6.22. The molecule has 2 aromatic heterocycles. The Morgan fingerprint density at radius 2 is 2.22 bits per heavy atom. The van der Waals surface area contributed by atoms with E-state index in [-0.39, 0.29) is 6.04 Å². The van der Waals surface area contributed by atoms with Crippen LogP contribution in [0.4, 0.5) is 0 Å². The number of aromatic nitrogens is 2. The van der Waals surface area contributed by atoms with Crippen molar-refractivity contribution in [2.75, 3.05) is 0 Å². The van der Waals surface area contributed by atoms with Crippen LogP contribution in [0.2, 0.25) is 5.02 Å². The normalized spacial score (nSPS) is 12.9. The van der Waals surface area contributed by atoms with Crippen molar-refractivity contribution in [1.29, 1.82) is 0 Å². The Morgan fingerprint density at radius 1 is 1.44 bits per heavy atom. The summed E-state index contributed by atoms with van der Waals surface area (Å²) in [4.78, 5) is 0. The van der Waals surface area contributed by atoms with Crippen LogP contribution in [0.15, 0.2) is 22.7 Å². The molecule has 0 fully saturated rings. The predicted molar refractivity (Wildman–Crippen MR) is 71.6 cm³/mol. The zero-order chi connectivity index (χ0) is 13.1. The van der Waals surface area contributed by atoms with Gasteiger partial charge >= 0.3 is 0 Å². The fraction of sp³-hybridized carbons (Fsp3) is 0.462. The molecule has 0 saturated heterocycles. The lowest BCUT2D eigenvalue weighted by molar-refractivity contribution is 0.440. The molecule has 0 saturated carbocycles. The zero-order valence-corrected chi connectivity index (χ0v) is 11.4. The quantitative estimate of drug-likeness (QED) is 0.905. The maximum atomic E-state index is 6.22. The van der Waals surface area contributed by atoms with Crippen LogP contribution in [0.5, 0.6) is 0 Å². The van der Waals surface area contributed by atoms with Crippen molar-refractivity contribution in [3.63, 3.8) is 0 Å². The maximum Gasteiger partial charge on any atom is 0.127 e. The van der Waals surface area contributed by atoms with Gasteiger partial charge in [-0.25, -0.2) is 0 Å². The molecule has 98 valence electrons. The van der Waals surface area contributed by atoms with Crippen LogP contribution in [0.3, 0.4) is 0 Å². The molecule has 4 nitrogen and oxygen atoms in total. The minimum atomic E-state index is -0.369. The molecule has 0 radical (unpaired) electrons. The van der Waals surface area contributed by atoms with Crippen LogP contribution < -0.4 is 5.73 Å². The smallest absolute Gasteiger partial charge is 0.127 e. The number of nitrogens with two attached hydrogens (primary N) is 1. The Hall–Kier alpha value is -1.26. The highest BCUT2D eigenvalue weighted by atomic mass is 35.5. The summed E-state index contributed by atoms with van der Waals surface area (Å²) in [7, 11) is 0. The van der Waals surface area contributed by atoms with Crippen molar-refractivity contribution >= 4 is 11.6 Å². The molecule has 0 bridgehead atoms. The lowest BCUT2D eigenvalue weighted by Crippen LogP contribution is -2.17. The second-order valence-electron chi connectivity index (χ2n) is 4.24. The average Bonchev–Trinajstić information content (AvgIpc) is 2.96. The van der Waals surface area contributed by atoms with Crippen LogP contribution in [-0.4, -0.2) is 9.78 Å². The Bertz CT molecular complexity index is 518. The molecule has 1 unspecified atom stereocenters. The Labute approximate surface area is 112 Å². The molecule has 0 amide bonds. The summed E-state index contributed by atoms with van der Waals surface area (Å²) >= 11 is 6.16. The van der Waals surface area contributed by atoms with E-state index < -0.39 is 0 Å². The van der Waals surface area contributed by atoms with E-state index in [0.29, 0.717) is 5.02 Å². The summed E-state index contributed by atoms with van der Waals surface area (Å²) in [6.07, 6.45) is 3.47. The molecule has 2 heterocycles. The maximum absolute atomic E-state index is 6.22. The van der Waals surface area contributed by atoms with Crippen molar-refractivity contribution in [3.8, 4) is 0 Å². The second kappa shape index (κ2) is 5.59. The van der Waals surface area contributed by atoms with Gasteiger partial charge in [-0.2, -0.15) is 5.10 Å². The van der Waals surface area contributed by atoms with E-state index in [4.69, 9.17) is 21.8 Å². The Morgan fingerprint density at radius 3 is 2.83 bits per heavy atom. The van der Waals surface area contributed by atoms with E-state index in [1.165, 1.54) is 0 Å². The first-order valence-corrected chi connectivity index (χ1v) is 6.60. The molecular formula is C13H18ClN3O. The third-order valence-electron chi connectivity index (χ3n) is 2.90. The topological polar surface area (TPSA) is 57.0 Å². The summed E-state index contributed by atoms with van der Waals surface area (Å²) in [5.74, 6) is 1.66. The summed E-state index contributed by atoms with van der Waals surface area (Å²) in [5.41, 5.74) is 7.04. The van der Waals surface area contributed by atoms with E-state index in [2.05, 4.69) is 12.0 Å². The molecule has 2 N–H and O–H groups in total. The molecule has 2 rings (SSSR count). The number of nitrogens with zero attached hydrogens (tertiary/aromatic N) is 2. The van der Waals surface area contributed by atoms with Crippen LogP contribution in [0.25, 0.3) is 0 Å². The summed E-state index contributed by atoms with van der Waals surface area (Å²) in [5, 5.41) is 4.83. The molecule has 0 aliphatic carbocycles. The lowest BCUT2D eigenvalue weighted by atomic mass is 10.1. The van der Waals surface area contributed by atoms with Crippen molar-refractivity contribution in [2.45, 2.75) is 39.3 Å². The summed E-state index contributed by atoms with van der Waals surface area (Å²) < 4.78 is 7.53. The minimum Gasteiger partial charge on any atom is -0.464 e. The van der Waals surface area contributed by atoms with E-state index in [1.54, 1.807) is 6.20 Å². The van der Waals surface area contributed by atoms with Gasteiger partial charge in [-0.05, 0) is 18.6 Å². The number of hydrogen-bond donors (Lipinski definition) is 1. The van der Waals surface area contributed by atoms with Crippen LogP contribution in [-0.2, 0) is 13.0 Å². The van der Waals surface area contributed by atoms with Gasteiger partial charge in [-0.3, -0.25) is 4.68 Å². The van der Waals surface area contributed by atoms with Crippen LogP contribution >= 0.6 is 11.6 Å². The third-order valence-corrected chi connectivity index (χ3v) is 3.19. The van der Waals surface area contributed by atoms with E-state index >= 15 is 0 Å². The minimum absolute atomic E-state index is 0.369. The van der Waals surface area contributed by atoms with Gasteiger partial charge in [0.05, 0.1) is 16.9 Å². The first-order chi connectivity index (χ1) is 8.67. The van der Waals surface area contributed by atoms with Gasteiger partial charge in [0.25, 0.3) is 0 Å². The predicted octanol–water partition coefficient (Wildman–Crippen LogP) is 3.15. The average molecular weight is 268 g/mol. The first kappa shape index (κ1) is 13.2. The van der Waals surface area contributed by atoms with Crippen molar-refractivity contribution < 1.29 is 4.42 Å². The molecule has 0 aliphatic heterocycles. The van der Waals surface area contributed by atoms with Crippen molar-refractivity contribution in [3.05, 3.63) is 40.6 Å². The highest BCUT2D eigenvalue weighted by molar-refractivity contribution is 6.31. The SMILES string of the molecule is CCCn1ncc(Cl)c1C(N)c1ccc(CC)o1. The standard InChI is InChI=1S/C13H18ClN3O/c1-3-7-17-13(10(14)8-16-17)12(15)11-6-5-9(4-2)18-11/h5-6,8,12H,3-4,7,15H2,1-2H3. The Balaban J connectivity index is 2.32. The zero-order valence-electron chi connectivity index (χ0n) is 10.7. The number of halogens is 1. The van der Waals surface area contributed by atoms with Gasteiger partial charge in [0, 0.05) is 13.0 Å². The monoisotopic (exact) mass is 267 g/mol. The van der Waals surface area contributed by atoms with E-state index in [1.807, 2.05) is 23.7 Å². The van der Waals surface area contributed by atoms with Gasteiger partial charge in [0.1, 0.15) is 17.6 Å². The van der Waals surface area contributed by atoms with Gasteiger partial charge < -0.3 is 10.2 Å². The number of rotatable bonds is 5. The number of furan rings is 1. The molecule has 0 spiro atoms. The molecule has 0 aliphatic rings. The highest BCUT2D eigenvalue weighted by Crippen LogP contribution is 2.27. The second-order valence-corrected chi connectivity index (χ2v) is 4.64. The fourth-order valence-corrected chi connectivity index (χ4v) is 2.22. The molecular weight excluding hydrogens is 250 g/mol. The molecule has 1 atom stereocenters. The summed E-state index contributed by atoms with van der Waals surface area (Å²) in [6.45, 7) is 4.94. The van der Waals surface area contributed by atoms with Gasteiger partial charge in [0.15, 0.2) is 0 Å². The fourth-order valence-electron chi connectivity index (χ4n) is 1.96. The largest absolute Gasteiger partial charge is 0.464 e. The highest BCUT2D eigenvalue weighted by Gasteiger charge is 2.21. The molecule has 5 heteroatoms. The van der Waals surface area contributed by atoms with Gasteiger partial charge in [0.2, 0.25) is 0 Å². The van der Waals surface area contributed by atoms with E-state index in [9.17, 15) is 0 Å². The molecule has 2 aromatic rings. The molecule has 0 aromatic carbocycles.